The van der Waals surface area contributed by atoms with E-state index in [4.69, 9.17) is 0 Å². The second-order valence-corrected chi connectivity index (χ2v) is 9.75. The number of nitrogens with one attached hydrogen (secondary N) is 3. The Balaban J connectivity index is 1.61. The Morgan fingerprint density at radius 2 is 2.00 bits per heavy atom. The van der Waals surface area contributed by atoms with Crippen LogP contribution in [0.4, 0.5) is 36.3 Å². The summed E-state index contributed by atoms with van der Waals surface area (Å²) in [6, 6.07) is 4.76. The molecule has 0 saturated heterocycles. The molecule has 2 aromatic rings. The number of alkyl halides is 3. The van der Waals surface area contributed by atoms with Crippen LogP contribution in [0.1, 0.15) is 30.4 Å². The van der Waals surface area contributed by atoms with E-state index < -0.39 is 21.8 Å². The van der Waals surface area contributed by atoms with Crippen molar-refractivity contribution in [3.8, 4) is 0 Å². The van der Waals surface area contributed by atoms with Gasteiger partial charge in [-0.3, -0.25) is 4.72 Å². The second-order valence-electron chi connectivity index (χ2n) is 8.02. The smallest absolute Gasteiger partial charge is 0.365 e. The molecule has 1 fully saturated rings. The number of likely N-dealkylation sites (N-methyl/N-ethyl adjacent to an activating group) is 1. The number of fused-ring (bicyclic) bond motifs is 1. The Bertz CT molecular complexity index is 1090. The predicted molar refractivity (Wildman–Crippen MR) is 112 cm³/mol. The molecular formula is C19H23F3N6O2S. The van der Waals surface area contributed by atoms with Crippen LogP contribution in [0.25, 0.3) is 0 Å². The van der Waals surface area contributed by atoms with Crippen LogP contribution in [0.5, 0.6) is 0 Å². The number of nitrogens with zero attached hydrogens (tertiary/aromatic N) is 3. The van der Waals surface area contributed by atoms with Crippen LogP contribution in [0.15, 0.2) is 24.4 Å². The van der Waals surface area contributed by atoms with Gasteiger partial charge in [-0.1, -0.05) is 0 Å². The normalized spacial score (nSPS) is 22.3. The van der Waals surface area contributed by atoms with Gasteiger partial charge in [0.25, 0.3) is 0 Å². The molecule has 1 aromatic heterocycles. The standard InChI is InChI=1S/C19H23F3N6O2S/c1-28(2)16-5-3-4-15(16)25-17-13(19(20,21)22)9-23-18(26-17)24-12-6-7-14-11(8-12)10-31(29,30)27-14/h6-9,15-16,27H,3-5,10H2,1-2H3,(H2,23,24,25,26)/t15-,16-/m1/s1. The van der Waals surface area contributed by atoms with E-state index in [0.717, 1.165) is 25.5 Å². The molecule has 4 rings (SSSR count). The molecule has 2 atom stereocenters. The fraction of sp³-hybridized carbons (Fsp3) is 0.474. The Morgan fingerprint density at radius 1 is 1.23 bits per heavy atom. The lowest BCUT2D eigenvalue weighted by Gasteiger charge is -2.28. The third-order valence-corrected chi connectivity index (χ3v) is 6.75. The van der Waals surface area contributed by atoms with Crippen molar-refractivity contribution in [3.05, 3.63) is 35.5 Å². The lowest BCUT2D eigenvalue weighted by atomic mass is 10.1. The van der Waals surface area contributed by atoms with E-state index >= 15 is 0 Å². The minimum Gasteiger partial charge on any atom is -0.365 e. The summed E-state index contributed by atoms with van der Waals surface area (Å²) in [5, 5.41) is 5.86. The highest BCUT2D eigenvalue weighted by Crippen LogP contribution is 2.36. The number of rotatable bonds is 5. The zero-order valence-corrected chi connectivity index (χ0v) is 17.8. The lowest BCUT2D eigenvalue weighted by Crippen LogP contribution is -2.39. The molecule has 8 nitrogen and oxygen atoms in total. The molecule has 3 N–H and O–H groups in total. The first-order valence-corrected chi connectivity index (χ1v) is 11.4. The van der Waals surface area contributed by atoms with Gasteiger partial charge in [-0.2, -0.15) is 18.2 Å². The molecule has 0 radical (unpaired) electrons. The van der Waals surface area contributed by atoms with Gasteiger partial charge in [-0.05, 0) is 57.1 Å². The molecular weight excluding hydrogens is 433 g/mol. The molecule has 1 aromatic carbocycles. The quantitative estimate of drug-likeness (QED) is 0.634. The molecule has 2 heterocycles. The van der Waals surface area contributed by atoms with Crippen molar-refractivity contribution >= 4 is 33.2 Å². The third-order valence-electron chi connectivity index (χ3n) is 5.53. The maximum Gasteiger partial charge on any atom is 0.421 e. The van der Waals surface area contributed by atoms with Crippen LogP contribution >= 0.6 is 0 Å². The predicted octanol–water partition coefficient (Wildman–Crippen LogP) is 3.39. The van der Waals surface area contributed by atoms with Crippen LogP contribution in [-0.4, -0.2) is 49.5 Å². The van der Waals surface area contributed by atoms with Crippen molar-refractivity contribution in [3.63, 3.8) is 0 Å². The summed E-state index contributed by atoms with van der Waals surface area (Å²) in [7, 11) is 0.418. The zero-order valence-electron chi connectivity index (χ0n) is 17.0. The first-order chi connectivity index (χ1) is 14.5. The van der Waals surface area contributed by atoms with Crippen molar-refractivity contribution in [2.75, 3.05) is 29.5 Å². The number of hydrogen-bond donors (Lipinski definition) is 3. The van der Waals surface area contributed by atoms with Crippen molar-refractivity contribution in [1.82, 2.24) is 14.9 Å². The van der Waals surface area contributed by atoms with Gasteiger partial charge >= 0.3 is 6.18 Å². The number of benzene rings is 1. The number of halogens is 3. The van der Waals surface area contributed by atoms with E-state index in [0.29, 0.717) is 16.9 Å². The maximum atomic E-state index is 13.5. The van der Waals surface area contributed by atoms with E-state index in [2.05, 4.69) is 25.3 Å². The highest BCUT2D eigenvalue weighted by molar-refractivity contribution is 7.92. The monoisotopic (exact) mass is 456 g/mol. The van der Waals surface area contributed by atoms with Crippen molar-refractivity contribution in [2.45, 2.75) is 43.3 Å². The summed E-state index contributed by atoms with van der Waals surface area (Å²) in [5.74, 6) is -0.440. The van der Waals surface area contributed by atoms with Crippen molar-refractivity contribution in [2.24, 2.45) is 0 Å². The van der Waals surface area contributed by atoms with E-state index in [1.165, 1.54) is 0 Å². The summed E-state index contributed by atoms with van der Waals surface area (Å²) in [6.45, 7) is 0. The summed E-state index contributed by atoms with van der Waals surface area (Å²) < 4.78 is 66.5. The molecule has 0 bridgehead atoms. The first-order valence-electron chi connectivity index (χ1n) is 9.79. The number of anilines is 4. The summed E-state index contributed by atoms with van der Waals surface area (Å²) in [5.41, 5.74) is 0.606. The molecule has 2 aliphatic rings. The van der Waals surface area contributed by atoms with Crippen molar-refractivity contribution < 1.29 is 21.6 Å². The van der Waals surface area contributed by atoms with Crippen LogP contribution in [0.3, 0.4) is 0 Å². The van der Waals surface area contributed by atoms with Gasteiger partial charge < -0.3 is 15.5 Å². The highest BCUT2D eigenvalue weighted by Gasteiger charge is 2.37. The topological polar surface area (TPSA) is 99.2 Å². The average molecular weight is 456 g/mol. The SMILES string of the molecule is CN(C)[C@@H]1CCC[C@H]1Nc1nc(Nc2ccc3c(c2)CS(=O)(=O)N3)ncc1C(F)(F)F. The van der Waals surface area contributed by atoms with E-state index in [1.54, 1.807) is 18.2 Å². The van der Waals surface area contributed by atoms with Gasteiger partial charge in [-0.15, -0.1) is 0 Å². The minimum atomic E-state index is -4.60. The summed E-state index contributed by atoms with van der Waals surface area (Å²) >= 11 is 0. The largest absolute Gasteiger partial charge is 0.421 e. The van der Waals surface area contributed by atoms with Gasteiger partial charge in [-0.25, -0.2) is 13.4 Å². The van der Waals surface area contributed by atoms with Crippen LogP contribution in [0, 0.1) is 0 Å². The van der Waals surface area contributed by atoms with E-state index in [1.807, 2.05) is 19.0 Å². The van der Waals surface area contributed by atoms with Gasteiger partial charge in [0.15, 0.2) is 0 Å². The lowest BCUT2D eigenvalue weighted by molar-refractivity contribution is -0.137. The molecule has 31 heavy (non-hydrogen) atoms. The van der Waals surface area contributed by atoms with Gasteiger partial charge in [0.1, 0.15) is 11.4 Å². The van der Waals surface area contributed by atoms with Gasteiger partial charge in [0.05, 0.1) is 11.4 Å². The maximum absolute atomic E-state index is 13.5. The Hall–Kier alpha value is -2.60. The van der Waals surface area contributed by atoms with E-state index in [-0.39, 0.29) is 29.6 Å². The number of sulfonamides is 1. The van der Waals surface area contributed by atoms with E-state index in [9.17, 15) is 21.6 Å². The fourth-order valence-electron chi connectivity index (χ4n) is 4.09. The Kier molecular flexibility index (Phi) is 5.46. The van der Waals surface area contributed by atoms with Crippen LogP contribution in [-0.2, 0) is 22.0 Å². The Labute approximate surface area is 178 Å². The fourth-order valence-corrected chi connectivity index (χ4v) is 5.34. The average Bonchev–Trinajstić information content (AvgIpc) is 3.23. The third kappa shape index (κ3) is 4.69. The molecule has 1 saturated carbocycles. The van der Waals surface area contributed by atoms with Crippen molar-refractivity contribution in [1.29, 1.82) is 0 Å². The molecule has 0 amide bonds. The van der Waals surface area contributed by atoms with Crippen LogP contribution in [0.2, 0.25) is 0 Å². The molecule has 168 valence electrons. The minimum absolute atomic E-state index is 0.0105. The molecule has 12 heteroatoms. The number of hydrogen-bond acceptors (Lipinski definition) is 7. The van der Waals surface area contributed by atoms with Gasteiger partial charge in [0, 0.05) is 24.0 Å². The van der Waals surface area contributed by atoms with Crippen LogP contribution < -0.4 is 15.4 Å². The first kappa shape index (κ1) is 21.6. The Morgan fingerprint density at radius 3 is 2.71 bits per heavy atom. The summed E-state index contributed by atoms with van der Waals surface area (Å²) in [4.78, 5) is 9.94. The molecule has 0 spiro atoms. The molecule has 1 aliphatic carbocycles. The number of aromatic nitrogens is 2. The molecule has 0 unspecified atom stereocenters. The zero-order chi connectivity index (χ0) is 22.4. The second kappa shape index (κ2) is 7.83. The highest BCUT2D eigenvalue weighted by atomic mass is 32.2. The molecule has 1 aliphatic heterocycles. The summed E-state index contributed by atoms with van der Waals surface area (Å²) in [6.07, 6.45) is -1.27. The van der Waals surface area contributed by atoms with Gasteiger partial charge in [0.2, 0.25) is 16.0 Å².